The molecule has 0 radical (unpaired) electrons. The average Bonchev–Trinajstić information content (AvgIpc) is 2.05. The van der Waals surface area contributed by atoms with E-state index in [9.17, 15) is 0 Å². The van der Waals surface area contributed by atoms with Crippen molar-refractivity contribution in [2.75, 3.05) is 14.1 Å². The standard InChI is InChI=1S/C9H16BrN/c1-11(2)9(10)8-6-4-3-5-7-8/h3-7H2,1-2H3. The topological polar surface area (TPSA) is 3.24 Å². The van der Waals surface area contributed by atoms with Gasteiger partial charge >= 0.3 is 0 Å². The van der Waals surface area contributed by atoms with Crippen LogP contribution >= 0.6 is 15.9 Å². The fraction of sp³-hybridized carbons (Fsp3) is 0.778. The molecule has 0 atom stereocenters. The summed E-state index contributed by atoms with van der Waals surface area (Å²) in [6, 6.07) is 0. The van der Waals surface area contributed by atoms with Gasteiger partial charge in [-0.15, -0.1) is 0 Å². The summed E-state index contributed by atoms with van der Waals surface area (Å²) < 4.78 is 1.30. The number of nitrogens with zero attached hydrogens (tertiary/aromatic N) is 1. The first-order valence-electron chi connectivity index (χ1n) is 4.26. The molecule has 1 nitrogen and oxygen atoms in total. The predicted octanol–water partition coefficient (Wildman–Crippen LogP) is 3.12. The van der Waals surface area contributed by atoms with Crippen molar-refractivity contribution in [3.63, 3.8) is 0 Å². The quantitative estimate of drug-likeness (QED) is 0.611. The molecular formula is C9H16BrN. The number of allylic oxidation sites excluding steroid dienone is 1. The Morgan fingerprint density at radius 2 is 1.73 bits per heavy atom. The van der Waals surface area contributed by atoms with Crippen LogP contribution in [0, 0.1) is 0 Å². The zero-order valence-corrected chi connectivity index (χ0v) is 8.95. The molecule has 0 bridgehead atoms. The van der Waals surface area contributed by atoms with Crippen molar-refractivity contribution in [3.8, 4) is 0 Å². The van der Waals surface area contributed by atoms with Crippen LogP contribution in [0.2, 0.25) is 0 Å². The highest BCUT2D eigenvalue weighted by molar-refractivity contribution is 9.11. The third kappa shape index (κ3) is 2.51. The summed E-state index contributed by atoms with van der Waals surface area (Å²) in [4.78, 5) is 2.15. The van der Waals surface area contributed by atoms with E-state index >= 15 is 0 Å². The molecule has 0 N–H and O–H groups in total. The highest BCUT2D eigenvalue weighted by Crippen LogP contribution is 2.28. The molecule has 0 heterocycles. The molecule has 1 saturated carbocycles. The van der Waals surface area contributed by atoms with Crippen molar-refractivity contribution in [1.82, 2.24) is 4.90 Å². The van der Waals surface area contributed by atoms with E-state index in [1.807, 2.05) is 0 Å². The van der Waals surface area contributed by atoms with Gasteiger partial charge in [-0.3, -0.25) is 0 Å². The van der Waals surface area contributed by atoms with E-state index in [2.05, 4.69) is 34.9 Å². The smallest absolute Gasteiger partial charge is 0.0792 e. The molecule has 1 fully saturated rings. The summed E-state index contributed by atoms with van der Waals surface area (Å²) in [6.07, 6.45) is 6.74. The molecule has 0 aromatic carbocycles. The Kier molecular flexibility index (Phi) is 3.44. The predicted molar refractivity (Wildman–Crippen MR) is 52.7 cm³/mol. The summed E-state index contributed by atoms with van der Waals surface area (Å²) in [6.45, 7) is 0. The Bertz CT molecular complexity index is 153. The van der Waals surface area contributed by atoms with Crippen LogP contribution in [0.1, 0.15) is 32.1 Å². The van der Waals surface area contributed by atoms with Gasteiger partial charge in [0.15, 0.2) is 0 Å². The molecule has 1 aliphatic carbocycles. The minimum absolute atomic E-state index is 1.29. The summed E-state index contributed by atoms with van der Waals surface area (Å²) in [5.74, 6) is 0. The fourth-order valence-corrected chi connectivity index (χ4v) is 1.90. The summed E-state index contributed by atoms with van der Waals surface area (Å²) in [5.41, 5.74) is 1.60. The Labute approximate surface area is 77.6 Å². The second-order valence-corrected chi connectivity index (χ2v) is 4.10. The maximum absolute atomic E-state index is 3.61. The molecule has 0 aromatic rings. The molecule has 0 spiro atoms. The van der Waals surface area contributed by atoms with E-state index < -0.39 is 0 Å². The Hall–Kier alpha value is 0.0200. The second-order valence-electron chi connectivity index (χ2n) is 3.35. The van der Waals surface area contributed by atoms with Gasteiger partial charge in [-0.25, -0.2) is 0 Å². The van der Waals surface area contributed by atoms with Crippen LogP contribution in [0.4, 0.5) is 0 Å². The van der Waals surface area contributed by atoms with Gasteiger partial charge in [0.1, 0.15) is 0 Å². The first-order chi connectivity index (χ1) is 5.22. The van der Waals surface area contributed by atoms with Gasteiger partial charge in [0.25, 0.3) is 0 Å². The average molecular weight is 218 g/mol. The molecular weight excluding hydrogens is 202 g/mol. The second kappa shape index (κ2) is 4.15. The van der Waals surface area contributed by atoms with Crippen molar-refractivity contribution in [2.45, 2.75) is 32.1 Å². The minimum atomic E-state index is 1.29. The highest BCUT2D eigenvalue weighted by atomic mass is 79.9. The lowest BCUT2D eigenvalue weighted by molar-refractivity contribution is 0.518. The van der Waals surface area contributed by atoms with Gasteiger partial charge in [-0.05, 0) is 47.2 Å². The van der Waals surface area contributed by atoms with Crippen LogP contribution in [-0.2, 0) is 0 Å². The van der Waals surface area contributed by atoms with Gasteiger partial charge in [0.2, 0.25) is 0 Å². The Morgan fingerprint density at radius 1 is 1.18 bits per heavy atom. The maximum Gasteiger partial charge on any atom is 0.0792 e. The van der Waals surface area contributed by atoms with Crippen molar-refractivity contribution < 1.29 is 0 Å². The van der Waals surface area contributed by atoms with Gasteiger partial charge in [0.05, 0.1) is 4.61 Å². The molecule has 1 aliphatic rings. The van der Waals surface area contributed by atoms with Gasteiger partial charge in [0, 0.05) is 14.1 Å². The number of halogens is 1. The molecule has 0 unspecified atom stereocenters. The van der Waals surface area contributed by atoms with E-state index in [-0.39, 0.29) is 0 Å². The molecule has 11 heavy (non-hydrogen) atoms. The van der Waals surface area contributed by atoms with Crippen LogP contribution in [0.15, 0.2) is 10.2 Å². The molecule has 64 valence electrons. The number of hydrogen-bond donors (Lipinski definition) is 0. The fourth-order valence-electron chi connectivity index (χ4n) is 1.50. The zero-order chi connectivity index (χ0) is 8.27. The molecule has 0 aromatic heterocycles. The first kappa shape index (κ1) is 9.11. The van der Waals surface area contributed by atoms with E-state index in [0.717, 1.165) is 0 Å². The maximum atomic E-state index is 3.61. The van der Waals surface area contributed by atoms with Crippen molar-refractivity contribution in [2.24, 2.45) is 0 Å². The number of hydrogen-bond acceptors (Lipinski definition) is 1. The van der Waals surface area contributed by atoms with Crippen molar-refractivity contribution in [1.29, 1.82) is 0 Å². The third-order valence-electron chi connectivity index (χ3n) is 2.14. The van der Waals surface area contributed by atoms with Gasteiger partial charge in [-0.2, -0.15) is 0 Å². The Balaban J connectivity index is 2.60. The SMILES string of the molecule is CN(C)C(Br)=C1CCCCC1. The summed E-state index contributed by atoms with van der Waals surface area (Å²) in [7, 11) is 4.18. The lowest BCUT2D eigenvalue weighted by Gasteiger charge is -2.20. The van der Waals surface area contributed by atoms with Crippen LogP contribution < -0.4 is 0 Å². The van der Waals surface area contributed by atoms with Crippen LogP contribution in [0.3, 0.4) is 0 Å². The zero-order valence-electron chi connectivity index (χ0n) is 7.36. The molecule has 0 aliphatic heterocycles. The molecule has 1 rings (SSSR count). The highest BCUT2D eigenvalue weighted by Gasteiger charge is 2.09. The summed E-state index contributed by atoms with van der Waals surface area (Å²) >= 11 is 3.61. The van der Waals surface area contributed by atoms with Gasteiger partial charge in [-0.1, -0.05) is 6.42 Å². The molecule has 0 saturated heterocycles. The third-order valence-corrected chi connectivity index (χ3v) is 3.41. The van der Waals surface area contributed by atoms with E-state index in [1.165, 1.54) is 36.7 Å². The van der Waals surface area contributed by atoms with Gasteiger partial charge < -0.3 is 4.90 Å². The first-order valence-corrected chi connectivity index (χ1v) is 5.06. The lowest BCUT2D eigenvalue weighted by Crippen LogP contribution is -2.10. The molecule has 0 amide bonds. The Morgan fingerprint density at radius 3 is 2.18 bits per heavy atom. The summed E-state index contributed by atoms with van der Waals surface area (Å²) in [5, 5.41) is 0. The monoisotopic (exact) mass is 217 g/mol. The van der Waals surface area contributed by atoms with E-state index in [1.54, 1.807) is 5.57 Å². The van der Waals surface area contributed by atoms with Crippen LogP contribution in [-0.4, -0.2) is 19.0 Å². The molecule has 2 heteroatoms. The van der Waals surface area contributed by atoms with E-state index in [0.29, 0.717) is 0 Å². The van der Waals surface area contributed by atoms with Crippen LogP contribution in [0.25, 0.3) is 0 Å². The normalized spacial score (nSPS) is 18.3. The number of rotatable bonds is 1. The van der Waals surface area contributed by atoms with E-state index in [4.69, 9.17) is 0 Å². The van der Waals surface area contributed by atoms with Crippen molar-refractivity contribution in [3.05, 3.63) is 10.2 Å². The minimum Gasteiger partial charge on any atom is -0.372 e. The lowest BCUT2D eigenvalue weighted by atomic mass is 9.96. The van der Waals surface area contributed by atoms with Crippen molar-refractivity contribution >= 4 is 15.9 Å². The van der Waals surface area contributed by atoms with Crippen LogP contribution in [0.5, 0.6) is 0 Å². The largest absolute Gasteiger partial charge is 0.372 e.